The van der Waals surface area contributed by atoms with Gasteiger partial charge in [0.15, 0.2) is 0 Å². The first-order valence-corrected chi connectivity index (χ1v) is 8.18. The number of ether oxygens (including phenoxy) is 4. The molecule has 2 N–H and O–H groups in total. The minimum atomic E-state index is -0.676. The predicted molar refractivity (Wildman–Crippen MR) is 95.4 cm³/mol. The van der Waals surface area contributed by atoms with Crippen LogP contribution in [0.1, 0.15) is 5.56 Å². The van der Waals surface area contributed by atoms with Gasteiger partial charge in [-0.3, -0.25) is 0 Å². The summed E-state index contributed by atoms with van der Waals surface area (Å²) in [5.41, 5.74) is 0.987. The van der Waals surface area contributed by atoms with Crippen molar-refractivity contribution in [2.45, 2.75) is 19.1 Å². The Bertz CT molecular complexity index is 672. The summed E-state index contributed by atoms with van der Waals surface area (Å²) in [5.74, 6) is 1.40. The average Bonchev–Trinajstić information content (AvgIpc) is 2.59. The van der Waals surface area contributed by atoms with E-state index in [9.17, 15) is 10.2 Å². The van der Waals surface area contributed by atoms with Crippen LogP contribution in [-0.4, -0.2) is 63.1 Å². The van der Waals surface area contributed by atoms with Crippen LogP contribution in [0.25, 0.3) is 10.8 Å². The van der Waals surface area contributed by atoms with Gasteiger partial charge in [0.2, 0.25) is 0 Å². The van der Waals surface area contributed by atoms with Crippen molar-refractivity contribution in [1.29, 1.82) is 0 Å². The van der Waals surface area contributed by atoms with E-state index < -0.39 is 12.2 Å². The first kappa shape index (κ1) is 19.5. The lowest BCUT2D eigenvalue weighted by Gasteiger charge is -2.16. The second-order valence-corrected chi connectivity index (χ2v) is 5.93. The highest BCUT2D eigenvalue weighted by Crippen LogP contribution is 2.32. The predicted octanol–water partition coefficient (Wildman–Crippen LogP) is 1.92. The minimum Gasteiger partial charge on any atom is -0.491 e. The molecule has 0 radical (unpaired) electrons. The molecule has 25 heavy (non-hydrogen) atoms. The number of rotatable bonds is 10. The van der Waals surface area contributed by atoms with E-state index in [-0.39, 0.29) is 26.4 Å². The highest BCUT2D eigenvalue weighted by Gasteiger charge is 2.11. The maximum Gasteiger partial charge on any atom is 0.130 e. The Morgan fingerprint density at radius 2 is 1.48 bits per heavy atom. The lowest BCUT2D eigenvalue weighted by Crippen LogP contribution is -2.23. The van der Waals surface area contributed by atoms with E-state index in [1.54, 1.807) is 0 Å². The zero-order valence-electron chi connectivity index (χ0n) is 14.9. The summed E-state index contributed by atoms with van der Waals surface area (Å²) >= 11 is 0. The van der Waals surface area contributed by atoms with Crippen molar-refractivity contribution in [3.05, 3.63) is 35.9 Å². The molecule has 0 bridgehead atoms. The number of aliphatic hydroxyl groups is 2. The Kier molecular flexibility index (Phi) is 7.46. The standard InChI is InChI=1S/C19H26O6/c1-13-4-5-14-8-17(24-11-15(20)9-22-2)6-7-18(14)19(13)25-12-16(21)10-23-3/h4-8,15-16,20-21H,9-12H2,1-3H3. The van der Waals surface area contributed by atoms with Gasteiger partial charge >= 0.3 is 0 Å². The van der Waals surface area contributed by atoms with Crippen molar-refractivity contribution in [2.75, 3.05) is 40.6 Å². The monoisotopic (exact) mass is 350 g/mol. The zero-order chi connectivity index (χ0) is 18.2. The second kappa shape index (κ2) is 9.58. The van der Waals surface area contributed by atoms with E-state index in [2.05, 4.69) is 0 Å². The molecule has 2 atom stereocenters. The summed E-state index contributed by atoms with van der Waals surface area (Å²) < 4.78 is 21.2. The summed E-state index contributed by atoms with van der Waals surface area (Å²) in [6, 6.07) is 9.59. The van der Waals surface area contributed by atoms with Crippen molar-refractivity contribution in [1.82, 2.24) is 0 Å². The van der Waals surface area contributed by atoms with Gasteiger partial charge < -0.3 is 29.2 Å². The fourth-order valence-electron chi connectivity index (χ4n) is 2.52. The van der Waals surface area contributed by atoms with Gasteiger partial charge in [-0.25, -0.2) is 0 Å². The third-order valence-corrected chi connectivity index (χ3v) is 3.72. The molecule has 0 aliphatic carbocycles. The summed E-state index contributed by atoms with van der Waals surface area (Å²) in [6.45, 7) is 2.75. The Morgan fingerprint density at radius 3 is 2.12 bits per heavy atom. The maximum atomic E-state index is 9.78. The molecule has 2 unspecified atom stereocenters. The van der Waals surface area contributed by atoms with Gasteiger partial charge in [0.1, 0.15) is 36.9 Å². The first-order chi connectivity index (χ1) is 12.0. The molecule has 2 aromatic carbocycles. The molecule has 0 fully saturated rings. The van der Waals surface area contributed by atoms with Crippen LogP contribution >= 0.6 is 0 Å². The SMILES string of the molecule is COCC(O)COc1ccc2c(OCC(O)COC)c(C)ccc2c1. The fraction of sp³-hybridized carbons (Fsp3) is 0.474. The lowest BCUT2D eigenvalue weighted by molar-refractivity contribution is 0.0325. The average molecular weight is 350 g/mol. The molecule has 0 aromatic heterocycles. The van der Waals surface area contributed by atoms with Gasteiger partial charge in [0.05, 0.1) is 13.2 Å². The fourth-order valence-corrected chi connectivity index (χ4v) is 2.52. The Hall–Kier alpha value is -1.86. The van der Waals surface area contributed by atoms with E-state index in [0.717, 1.165) is 22.1 Å². The molecule has 0 heterocycles. The number of aliphatic hydroxyl groups excluding tert-OH is 2. The molecule has 2 aromatic rings. The molecule has 0 saturated carbocycles. The van der Waals surface area contributed by atoms with Crippen LogP contribution in [0.5, 0.6) is 11.5 Å². The largest absolute Gasteiger partial charge is 0.491 e. The summed E-state index contributed by atoms with van der Waals surface area (Å²) in [6.07, 6.45) is -1.34. The number of benzene rings is 2. The quantitative estimate of drug-likeness (QED) is 0.682. The van der Waals surface area contributed by atoms with Gasteiger partial charge in [-0.2, -0.15) is 0 Å². The molecule has 0 amide bonds. The number of hydrogen-bond donors (Lipinski definition) is 2. The van der Waals surface area contributed by atoms with Crippen LogP contribution in [0.4, 0.5) is 0 Å². The zero-order valence-corrected chi connectivity index (χ0v) is 14.9. The Labute approximate surface area is 147 Å². The molecule has 0 spiro atoms. The maximum absolute atomic E-state index is 9.78. The molecule has 6 heteroatoms. The lowest BCUT2D eigenvalue weighted by atomic mass is 10.1. The highest BCUT2D eigenvalue weighted by atomic mass is 16.5. The second-order valence-electron chi connectivity index (χ2n) is 5.93. The van der Waals surface area contributed by atoms with Gasteiger partial charge in [0, 0.05) is 19.6 Å². The number of fused-ring (bicyclic) bond motifs is 1. The molecular weight excluding hydrogens is 324 g/mol. The van der Waals surface area contributed by atoms with Gasteiger partial charge in [-0.1, -0.05) is 12.1 Å². The number of aryl methyl sites for hydroxylation is 1. The van der Waals surface area contributed by atoms with Crippen molar-refractivity contribution in [2.24, 2.45) is 0 Å². The summed E-state index contributed by atoms with van der Waals surface area (Å²) in [5, 5.41) is 21.3. The van der Waals surface area contributed by atoms with Crippen LogP contribution in [0.15, 0.2) is 30.3 Å². The molecule has 0 aliphatic heterocycles. The van der Waals surface area contributed by atoms with E-state index in [1.807, 2.05) is 37.3 Å². The van der Waals surface area contributed by atoms with Crippen molar-refractivity contribution in [3.63, 3.8) is 0 Å². The Morgan fingerprint density at radius 1 is 0.840 bits per heavy atom. The molecule has 0 aliphatic rings. The van der Waals surface area contributed by atoms with E-state index >= 15 is 0 Å². The third kappa shape index (κ3) is 5.57. The van der Waals surface area contributed by atoms with Gasteiger partial charge in [-0.15, -0.1) is 0 Å². The summed E-state index contributed by atoms with van der Waals surface area (Å²) in [7, 11) is 3.07. The molecular formula is C19H26O6. The van der Waals surface area contributed by atoms with Gasteiger partial charge in [-0.05, 0) is 36.1 Å². The van der Waals surface area contributed by atoms with Gasteiger partial charge in [0.25, 0.3) is 0 Å². The molecule has 6 nitrogen and oxygen atoms in total. The van der Waals surface area contributed by atoms with Crippen LogP contribution < -0.4 is 9.47 Å². The third-order valence-electron chi connectivity index (χ3n) is 3.72. The molecule has 2 rings (SSSR count). The smallest absolute Gasteiger partial charge is 0.130 e. The van der Waals surface area contributed by atoms with Crippen LogP contribution in [-0.2, 0) is 9.47 Å². The topological polar surface area (TPSA) is 77.4 Å². The first-order valence-electron chi connectivity index (χ1n) is 8.18. The number of hydrogen-bond acceptors (Lipinski definition) is 6. The summed E-state index contributed by atoms with van der Waals surface area (Å²) in [4.78, 5) is 0. The van der Waals surface area contributed by atoms with E-state index in [4.69, 9.17) is 18.9 Å². The number of methoxy groups -OCH3 is 2. The van der Waals surface area contributed by atoms with Crippen LogP contribution in [0.2, 0.25) is 0 Å². The van der Waals surface area contributed by atoms with E-state index in [0.29, 0.717) is 5.75 Å². The molecule has 138 valence electrons. The minimum absolute atomic E-state index is 0.162. The van der Waals surface area contributed by atoms with Crippen molar-refractivity contribution >= 4 is 10.8 Å². The molecule has 0 saturated heterocycles. The van der Waals surface area contributed by atoms with E-state index in [1.165, 1.54) is 14.2 Å². The van der Waals surface area contributed by atoms with Crippen LogP contribution in [0.3, 0.4) is 0 Å². The highest BCUT2D eigenvalue weighted by molar-refractivity contribution is 5.90. The normalized spacial score (nSPS) is 13.6. The Balaban J connectivity index is 2.13. The van der Waals surface area contributed by atoms with Crippen molar-refractivity contribution < 1.29 is 29.2 Å². The van der Waals surface area contributed by atoms with Crippen LogP contribution in [0, 0.1) is 6.92 Å². The van der Waals surface area contributed by atoms with Crippen molar-refractivity contribution in [3.8, 4) is 11.5 Å².